The zero-order valence-corrected chi connectivity index (χ0v) is 7.50. The maximum atomic E-state index is 11.1. The number of nitrogens with one attached hydrogen (secondary N) is 1. The minimum absolute atomic E-state index is 0. The summed E-state index contributed by atoms with van der Waals surface area (Å²) in [6.07, 6.45) is 0. The van der Waals surface area contributed by atoms with Gasteiger partial charge in [-0.25, -0.2) is 4.63 Å². The van der Waals surface area contributed by atoms with Crippen LogP contribution < -0.4 is 16.8 Å². The minimum atomic E-state index is -0.431. The fourth-order valence-corrected chi connectivity index (χ4v) is 0.622. The van der Waals surface area contributed by atoms with Crippen molar-refractivity contribution in [3.63, 3.8) is 0 Å². The average molecular weight is 208 g/mol. The molecule has 0 fully saturated rings. The van der Waals surface area contributed by atoms with Crippen molar-refractivity contribution in [2.75, 3.05) is 18.8 Å². The Morgan fingerprint density at radius 2 is 2.23 bits per heavy atom. The normalized spacial score (nSPS) is 9.00. The van der Waals surface area contributed by atoms with Crippen LogP contribution >= 0.6 is 12.4 Å². The summed E-state index contributed by atoms with van der Waals surface area (Å²) in [7, 11) is 0. The molecule has 7 nitrogen and oxygen atoms in total. The van der Waals surface area contributed by atoms with E-state index in [1.165, 1.54) is 0 Å². The zero-order valence-electron chi connectivity index (χ0n) is 6.69. The molecule has 0 bridgehead atoms. The third-order valence-electron chi connectivity index (χ3n) is 1.16. The van der Waals surface area contributed by atoms with Crippen molar-refractivity contribution in [1.82, 2.24) is 15.6 Å². The monoisotopic (exact) mass is 207 g/mol. The molecule has 0 aliphatic rings. The number of amides is 1. The van der Waals surface area contributed by atoms with Crippen molar-refractivity contribution >= 4 is 24.1 Å². The second-order valence-electron chi connectivity index (χ2n) is 2.04. The van der Waals surface area contributed by atoms with E-state index in [2.05, 4.69) is 20.3 Å². The number of nitrogens with two attached hydrogens (primary N) is 2. The highest BCUT2D eigenvalue weighted by Crippen LogP contribution is 2.02. The molecule has 0 atom stereocenters. The Morgan fingerprint density at radius 1 is 1.54 bits per heavy atom. The van der Waals surface area contributed by atoms with Crippen LogP contribution in [0.5, 0.6) is 0 Å². The summed E-state index contributed by atoms with van der Waals surface area (Å²) in [6.45, 7) is 0.724. The van der Waals surface area contributed by atoms with E-state index >= 15 is 0 Å². The van der Waals surface area contributed by atoms with Gasteiger partial charge in [0.05, 0.1) is 0 Å². The number of halogens is 1. The van der Waals surface area contributed by atoms with Crippen LogP contribution in [0.15, 0.2) is 4.63 Å². The number of hydrogen-bond acceptors (Lipinski definition) is 6. The molecular formula is C5H10ClN5O2. The fourth-order valence-electron chi connectivity index (χ4n) is 0.622. The molecule has 0 aromatic carbocycles. The Labute approximate surface area is 80.2 Å². The third-order valence-corrected chi connectivity index (χ3v) is 1.16. The summed E-state index contributed by atoms with van der Waals surface area (Å²) < 4.78 is 4.23. The second kappa shape index (κ2) is 5.33. The van der Waals surface area contributed by atoms with E-state index in [0.717, 1.165) is 0 Å². The lowest BCUT2D eigenvalue weighted by molar-refractivity contribution is 0.0945. The van der Waals surface area contributed by atoms with Gasteiger partial charge < -0.3 is 16.8 Å². The van der Waals surface area contributed by atoms with Gasteiger partial charge >= 0.3 is 0 Å². The van der Waals surface area contributed by atoms with Gasteiger partial charge in [-0.15, -0.1) is 12.4 Å². The average Bonchev–Trinajstić information content (AvgIpc) is 2.47. The molecule has 8 heteroatoms. The molecule has 0 spiro atoms. The fraction of sp³-hybridized carbons (Fsp3) is 0.400. The minimum Gasteiger partial charge on any atom is -0.379 e. The Kier molecular flexibility index (Phi) is 4.78. The lowest BCUT2D eigenvalue weighted by Gasteiger charge is -1.98. The van der Waals surface area contributed by atoms with Crippen molar-refractivity contribution in [2.24, 2.45) is 5.73 Å². The molecule has 1 aromatic heterocycles. The highest BCUT2D eigenvalue weighted by Gasteiger charge is 2.14. The van der Waals surface area contributed by atoms with Gasteiger partial charge in [0.2, 0.25) is 11.5 Å². The van der Waals surface area contributed by atoms with E-state index in [1.807, 2.05) is 0 Å². The van der Waals surface area contributed by atoms with Crippen LogP contribution in [0.25, 0.3) is 0 Å². The van der Waals surface area contributed by atoms with E-state index in [0.29, 0.717) is 13.1 Å². The number of anilines is 1. The van der Waals surface area contributed by atoms with Crippen LogP contribution in [0.2, 0.25) is 0 Å². The molecular weight excluding hydrogens is 198 g/mol. The van der Waals surface area contributed by atoms with Crippen LogP contribution in [-0.4, -0.2) is 29.3 Å². The standard InChI is InChI=1S/C5H9N5O2.ClH/c6-1-2-8-5(11)3-4(7)10-12-9-3;/h1-2,6H2,(H2,7,10)(H,8,11);1H. The van der Waals surface area contributed by atoms with Gasteiger partial charge in [0, 0.05) is 13.1 Å². The topological polar surface area (TPSA) is 120 Å². The Balaban J connectivity index is 0.00000144. The quantitative estimate of drug-likeness (QED) is 0.570. The Hall–Kier alpha value is -1.34. The second-order valence-corrected chi connectivity index (χ2v) is 2.04. The first kappa shape index (κ1) is 11.7. The summed E-state index contributed by atoms with van der Waals surface area (Å²) in [6, 6.07) is 0. The number of rotatable bonds is 3. The van der Waals surface area contributed by atoms with Crippen LogP contribution in [0.4, 0.5) is 5.82 Å². The number of carbonyl (C=O) groups excluding carboxylic acids is 1. The van der Waals surface area contributed by atoms with E-state index < -0.39 is 5.91 Å². The van der Waals surface area contributed by atoms with Crippen LogP contribution in [0, 0.1) is 0 Å². The van der Waals surface area contributed by atoms with Crippen LogP contribution in [0.1, 0.15) is 10.5 Å². The van der Waals surface area contributed by atoms with Gasteiger partial charge in [-0.1, -0.05) is 0 Å². The summed E-state index contributed by atoms with van der Waals surface area (Å²) in [5, 5.41) is 9.02. The third kappa shape index (κ3) is 2.88. The molecule has 5 N–H and O–H groups in total. The van der Waals surface area contributed by atoms with Crippen molar-refractivity contribution < 1.29 is 9.42 Å². The number of nitrogens with zero attached hydrogens (tertiary/aromatic N) is 2. The van der Waals surface area contributed by atoms with Crippen LogP contribution in [-0.2, 0) is 0 Å². The van der Waals surface area contributed by atoms with Crippen molar-refractivity contribution in [2.45, 2.75) is 0 Å². The largest absolute Gasteiger partial charge is 0.379 e. The van der Waals surface area contributed by atoms with E-state index in [4.69, 9.17) is 11.5 Å². The Bertz CT molecular complexity index is 276. The molecule has 74 valence electrons. The molecule has 0 unspecified atom stereocenters. The van der Waals surface area contributed by atoms with Crippen molar-refractivity contribution in [1.29, 1.82) is 0 Å². The van der Waals surface area contributed by atoms with E-state index in [9.17, 15) is 4.79 Å². The molecule has 1 amide bonds. The SMILES string of the molecule is Cl.NCCNC(=O)c1nonc1N. The summed E-state index contributed by atoms with van der Waals surface area (Å²) in [4.78, 5) is 11.1. The molecule has 1 rings (SSSR count). The molecule has 13 heavy (non-hydrogen) atoms. The zero-order chi connectivity index (χ0) is 8.97. The highest BCUT2D eigenvalue weighted by molar-refractivity contribution is 5.95. The first-order valence-corrected chi connectivity index (χ1v) is 3.32. The summed E-state index contributed by atoms with van der Waals surface area (Å²) in [5.74, 6) is -0.455. The molecule has 1 heterocycles. The van der Waals surface area contributed by atoms with Gasteiger partial charge in [-0.2, -0.15) is 0 Å². The maximum absolute atomic E-state index is 11.1. The molecule has 0 saturated heterocycles. The van der Waals surface area contributed by atoms with Crippen molar-refractivity contribution in [3.05, 3.63) is 5.69 Å². The number of carbonyl (C=O) groups is 1. The Morgan fingerprint density at radius 3 is 2.69 bits per heavy atom. The summed E-state index contributed by atoms with van der Waals surface area (Å²) in [5.41, 5.74) is 10.4. The van der Waals surface area contributed by atoms with Crippen LogP contribution in [0.3, 0.4) is 0 Å². The van der Waals surface area contributed by atoms with Crippen molar-refractivity contribution in [3.8, 4) is 0 Å². The van der Waals surface area contributed by atoms with Gasteiger partial charge in [-0.3, -0.25) is 4.79 Å². The maximum Gasteiger partial charge on any atom is 0.277 e. The lowest BCUT2D eigenvalue weighted by Crippen LogP contribution is -2.29. The summed E-state index contributed by atoms with van der Waals surface area (Å²) >= 11 is 0. The van der Waals surface area contributed by atoms with E-state index in [-0.39, 0.29) is 23.9 Å². The predicted molar refractivity (Wildman–Crippen MR) is 47.3 cm³/mol. The molecule has 0 radical (unpaired) electrons. The predicted octanol–water partition coefficient (Wildman–Crippen LogP) is -1.24. The van der Waals surface area contributed by atoms with Gasteiger partial charge in [0.15, 0.2) is 0 Å². The van der Waals surface area contributed by atoms with E-state index in [1.54, 1.807) is 0 Å². The molecule has 1 aromatic rings. The molecule has 0 aliphatic heterocycles. The van der Waals surface area contributed by atoms with Gasteiger partial charge in [-0.05, 0) is 10.3 Å². The van der Waals surface area contributed by atoms with Gasteiger partial charge in [0.25, 0.3) is 5.91 Å². The first-order valence-electron chi connectivity index (χ1n) is 3.32. The van der Waals surface area contributed by atoms with Gasteiger partial charge in [0.1, 0.15) is 0 Å². The highest BCUT2D eigenvalue weighted by atomic mass is 35.5. The lowest BCUT2D eigenvalue weighted by atomic mass is 10.4. The molecule has 0 saturated carbocycles. The first-order chi connectivity index (χ1) is 5.75. The number of aromatic nitrogens is 2. The smallest absolute Gasteiger partial charge is 0.277 e. The number of hydrogen-bond donors (Lipinski definition) is 3. The number of nitrogen functional groups attached to an aromatic ring is 1. The molecule has 0 aliphatic carbocycles.